The summed E-state index contributed by atoms with van der Waals surface area (Å²) in [6, 6.07) is 18.0. The number of ether oxygens (including phenoxy) is 1. The molecule has 0 N–H and O–H groups in total. The van der Waals surface area contributed by atoms with Crippen molar-refractivity contribution in [3.8, 4) is 22.1 Å². The molecule has 0 spiro atoms. The molecule has 190 valence electrons. The van der Waals surface area contributed by atoms with Crippen LogP contribution in [0.5, 0.6) is 11.5 Å². The minimum atomic E-state index is -0.545. The standard InChI is InChI=1S/C28H22FN5O2S2/c1-32-16-22(31-17-32)25-15-21-27(38-25)24(9-10-30-21)36-23-8-7-18(13-20(23)29)14-26(35)34-12-11-33(28(34)37)19-5-3-2-4-6-19/h2-10,13,15-17H,11-12,14H2,1H3. The third kappa shape index (κ3) is 4.64. The highest BCUT2D eigenvalue weighted by Gasteiger charge is 2.30. The zero-order valence-electron chi connectivity index (χ0n) is 20.4. The third-order valence-electron chi connectivity index (χ3n) is 6.28. The molecule has 0 saturated carbocycles. The lowest BCUT2D eigenvalue weighted by molar-refractivity contribution is -0.126. The fraction of sp³-hybridized carbons (Fsp3) is 0.143. The van der Waals surface area contributed by atoms with Crippen molar-refractivity contribution in [3.63, 3.8) is 0 Å². The smallest absolute Gasteiger partial charge is 0.233 e. The van der Waals surface area contributed by atoms with Crippen LogP contribution in [0.1, 0.15) is 5.56 Å². The fourth-order valence-electron chi connectivity index (χ4n) is 4.40. The van der Waals surface area contributed by atoms with Gasteiger partial charge in [0.1, 0.15) is 5.75 Å². The van der Waals surface area contributed by atoms with Gasteiger partial charge in [-0.25, -0.2) is 9.37 Å². The van der Waals surface area contributed by atoms with Crippen molar-refractivity contribution in [2.45, 2.75) is 6.42 Å². The van der Waals surface area contributed by atoms with E-state index in [0.717, 1.165) is 26.5 Å². The first kappa shape index (κ1) is 24.2. The summed E-state index contributed by atoms with van der Waals surface area (Å²) >= 11 is 7.04. The number of hydrogen-bond acceptors (Lipinski definition) is 6. The van der Waals surface area contributed by atoms with E-state index in [0.29, 0.717) is 29.5 Å². The predicted molar refractivity (Wildman–Crippen MR) is 150 cm³/mol. The minimum Gasteiger partial charge on any atom is -0.453 e. The molecule has 10 heteroatoms. The van der Waals surface area contributed by atoms with Crippen LogP contribution < -0.4 is 9.64 Å². The number of nitrogens with zero attached hydrogens (tertiary/aromatic N) is 5. The highest BCUT2D eigenvalue weighted by molar-refractivity contribution is 7.80. The largest absolute Gasteiger partial charge is 0.453 e. The average molecular weight is 544 g/mol. The van der Waals surface area contributed by atoms with E-state index in [1.165, 1.54) is 17.4 Å². The normalized spacial score (nSPS) is 13.5. The fourth-order valence-corrected chi connectivity index (χ4v) is 5.82. The number of pyridine rings is 1. The maximum atomic E-state index is 15.1. The number of imidazole rings is 1. The van der Waals surface area contributed by atoms with E-state index in [9.17, 15) is 4.79 Å². The lowest BCUT2D eigenvalue weighted by Gasteiger charge is -2.20. The first-order valence-electron chi connectivity index (χ1n) is 12.0. The highest BCUT2D eigenvalue weighted by Crippen LogP contribution is 2.39. The summed E-state index contributed by atoms with van der Waals surface area (Å²) in [7, 11) is 1.91. The molecule has 0 atom stereocenters. The van der Waals surface area contributed by atoms with Crippen molar-refractivity contribution < 1.29 is 13.9 Å². The summed E-state index contributed by atoms with van der Waals surface area (Å²) in [5.41, 5.74) is 3.09. The predicted octanol–water partition coefficient (Wildman–Crippen LogP) is 5.80. The van der Waals surface area contributed by atoms with E-state index >= 15 is 4.39 Å². The Labute approximate surface area is 227 Å². The Morgan fingerprint density at radius 1 is 1.08 bits per heavy atom. The van der Waals surface area contributed by atoms with Crippen LogP contribution in [0.4, 0.5) is 10.1 Å². The van der Waals surface area contributed by atoms with E-state index in [-0.39, 0.29) is 18.1 Å². The van der Waals surface area contributed by atoms with Gasteiger partial charge in [-0.3, -0.25) is 14.7 Å². The van der Waals surface area contributed by atoms with Crippen LogP contribution in [0.3, 0.4) is 0 Å². The number of aryl methyl sites for hydroxylation is 1. The van der Waals surface area contributed by atoms with Gasteiger partial charge < -0.3 is 14.2 Å². The van der Waals surface area contributed by atoms with Crippen molar-refractivity contribution in [1.29, 1.82) is 0 Å². The van der Waals surface area contributed by atoms with Crippen molar-refractivity contribution in [2.24, 2.45) is 7.05 Å². The summed E-state index contributed by atoms with van der Waals surface area (Å²) in [4.78, 5) is 26.3. The molecule has 1 aliphatic heterocycles. The molecule has 0 unspecified atom stereocenters. The highest BCUT2D eigenvalue weighted by atomic mass is 32.1. The Bertz CT molecular complexity index is 1670. The Morgan fingerprint density at radius 2 is 1.92 bits per heavy atom. The number of rotatable bonds is 6. The zero-order chi connectivity index (χ0) is 26.2. The second kappa shape index (κ2) is 9.96. The molecule has 0 aliphatic carbocycles. The van der Waals surface area contributed by atoms with Gasteiger partial charge in [-0.1, -0.05) is 24.3 Å². The van der Waals surface area contributed by atoms with E-state index in [2.05, 4.69) is 9.97 Å². The monoisotopic (exact) mass is 543 g/mol. The van der Waals surface area contributed by atoms with Gasteiger partial charge in [0.25, 0.3) is 0 Å². The molecule has 38 heavy (non-hydrogen) atoms. The number of carbonyl (C=O) groups excluding carboxylic acids is 1. The van der Waals surface area contributed by atoms with Crippen LogP contribution >= 0.6 is 23.6 Å². The summed E-state index contributed by atoms with van der Waals surface area (Å²) in [6.07, 6.45) is 5.34. The Hall–Kier alpha value is -4.15. The van der Waals surface area contributed by atoms with Crippen molar-refractivity contribution in [3.05, 3.63) is 90.8 Å². The first-order valence-corrected chi connectivity index (χ1v) is 13.2. The molecular weight excluding hydrogens is 521 g/mol. The Morgan fingerprint density at radius 3 is 2.68 bits per heavy atom. The van der Waals surface area contributed by atoms with Gasteiger partial charge in [0.15, 0.2) is 16.7 Å². The number of benzene rings is 2. The van der Waals surface area contributed by atoms with Gasteiger partial charge in [0, 0.05) is 44.3 Å². The van der Waals surface area contributed by atoms with Gasteiger partial charge in [0.2, 0.25) is 5.91 Å². The van der Waals surface area contributed by atoms with Gasteiger partial charge in [0.05, 0.1) is 33.5 Å². The topological polar surface area (TPSA) is 63.5 Å². The number of aromatic nitrogens is 3. The lowest BCUT2D eigenvalue weighted by atomic mass is 10.1. The molecule has 6 rings (SSSR count). The van der Waals surface area contributed by atoms with Crippen LogP contribution in [0.15, 0.2) is 79.4 Å². The second-order valence-corrected chi connectivity index (χ2v) is 10.3. The number of anilines is 1. The molecule has 1 aliphatic rings. The zero-order valence-corrected chi connectivity index (χ0v) is 22.0. The van der Waals surface area contributed by atoms with Crippen molar-refractivity contribution >= 4 is 50.5 Å². The molecular formula is C28H22FN5O2S2. The van der Waals surface area contributed by atoms with E-state index in [1.807, 2.05) is 59.1 Å². The van der Waals surface area contributed by atoms with Crippen LogP contribution in [-0.2, 0) is 18.3 Å². The lowest BCUT2D eigenvalue weighted by Crippen LogP contribution is -2.37. The molecule has 2 aromatic carbocycles. The Kier molecular flexibility index (Phi) is 6.34. The number of halogens is 1. The number of carbonyl (C=O) groups is 1. The van der Waals surface area contributed by atoms with E-state index < -0.39 is 5.82 Å². The van der Waals surface area contributed by atoms with E-state index in [4.69, 9.17) is 17.0 Å². The number of thiophene rings is 1. The molecule has 0 bridgehead atoms. The summed E-state index contributed by atoms with van der Waals surface area (Å²) in [5.74, 6) is -0.128. The summed E-state index contributed by atoms with van der Waals surface area (Å²) < 4.78 is 23.7. The van der Waals surface area contributed by atoms with Crippen LogP contribution in [0.25, 0.3) is 20.8 Å². The maximum Gasteiger partial charge on any atom is 0.233 e. The van der Waals surface area contributed by atoms with Crippen LogP contribution in [0, 0.1) is 5.82 Å². The molecule has 0 radical (unpaired) electrons. The number of para-hydroxylation sites is 1. The molecule has 7 nitrogen and oxygen atoms in total. The quantitative estimate of drug-likeness (QED) is 0.252. The summed E-state index contributed by atoms with van der Waals surface area (Å²) in [5, 5.41) is 0.462. The van der Waals surface area contributed by atoms with Crippen LogP contribution in [-0.4, -0.2) is 43.5 Å². The van der Waals surface area contributed by atoms with Crippen molar-refractivity contribution in [1.82, 2.24) is 19.4 Å². The van der Waals surface area contributed by atoms with Gasteiger partial charge in [-0.15, -0.1) is 11.3 Å². The van der Waals surface area contributed by atoms with Gasteiger partial charge in [-0.2, -0.15) is 0 Å². The molecule has 1 saturated heterocycles. The van der Waals surface area contributed by atoms with Gasteiger partial charge in [-0.05, 0) is 48.1 Å². The average Bonchev–Trinajstić information content (AvgIpc) is 3.64. The minimum absolute atomic E-state index is 0.0395. The van der Waals surface area contributed by atoms with Crippen LogP contribution in [0.2, 0.25) is 0 Å². The maximum absolute atomic E-state index is 15.1. The number of hydrogen-bond donors (Lipinski definition) is 0. The summed E-state index contributed by atoms with van der Waals surface area (Å²) in [6.45, 7) is 1.12. The first-order chi connectivity index (χ1) is 18.5. The third-order valence-corrected chi connectivity index (χ3v) is 7.88. The molecule has 1 amide bonds. The molecule has 4 heterocycles. The number of thiocarbonyl (C=S) groups is 1. The number of amides is 1. The van der Waals surface area contributed by atoms with Gasteiger partial charge >= 0.3 is 0 Å². The molecule has 1 fully saturated rings. The Balaban J connectivity index is 1.17. The molecule has 3 aromatic heterocycles. The number of fused-ring (bicyclic) bond motifs is 1. The van der Waals surface area contributed by atoms with E-state index in [1.54, 1.807) is 35.6 Å². The molecule has 5 aromatic rings. The van der Waals surface area contributed by atoms with Crippen molar-refractivity contribution in [2.75, 3.05) is 18.0 Å². The second-order valence-electron chi connectivity index (χ2n) is 8.92. The SMILES string of the molecule is Cn1cnc(-c2cc3nccc(Oc4ccc(CC(=O)N5CCN(c6ccccc6)C5=S)cc4F)c3s2)c1.